The predicted molar refractivity (Wildman–Crippen MR) is 135 cm³/mol. The lowest BCUT2D eigenvalue weighted by Crippen LogP contribution is -2.62. The zero-order valence-electron chi connectivity index (χ0n) is 20.9. The highest BCUT2D eigenvalue weighted by Crippen LogP contribution is 2.40. The van der Waals surface area contributed by atoms with E-state index in [1.165, 1.54) is 0 Å². The molecule has 6 nitrogen and oxygen atoms in total. The van der Waals surface area contributed by atoms with Gasteiger partial charge < -0.3 is 18.9 Å². The van der Waals surface area contributed by atoms with Crippen LogP contribution in [0.15, 0.2) is 66.7 Å². The van der Waals surface area contributed by atoms with Gasteiger partial charge in [-0.2, -0.15) is 0 Å². The number of quaternary nitrogens is 1. The van der Waals surface area contributed by atoms with Crippen LogP contribution in [0.25, 0.3) is 0 Å². The predicted octanol–water partition coefficient (Wildman–Crippen LogP) is 4.21. The highest BCUT2D eigenvalue weighted by molar-refractivity contribution is 6.03. The molecule has 0 saturated carbocycles. The van der Waals surface area contributed by atoms with Crippen molar-refractivity contribution in [3.8, 4) is 0 Å². The monoisotopic (exact) mass is 465 g/mol. The third-order valence-electron chi connectivity index (χ3n) is 6.83. The number of hydrogen-bond acceptors (Lipinski definition) is 5. The van der Waals surface area contributed by atoms with Crippen LogP contribution in [0.1, 0.15) is 36.2 Å². The summed E-state index contributed by atoms with van der Waals surface area (Å²) in [7, 11) is 3.97. The molecule has 2 aromatic rings. The van der Waals surface area contributed by atoms with Gasteiger partial charge in [-0.05, 0) is 31.2 Å². The Hall–Kier alpha value is -2.96. The molecular weight excluding hydrogens is 428 g/mol. The Balaban J connectivity index is 2.01. The molecule has 1 heterocycles. The molecule has 0 N–H and O–H groups in total. The first-order valence-corrected chi connectivity index (χ1v) is 12.0. The van der Waals surface area contributed by atoms with E-state index in [-0.39, 0.29) is 16.9 Å². The average Bonchev–Trinajstić information content (AvgIpc) is 2.85. The number of likely N-dealkylation sites (N-methyl/N-ethyl adjacent to an activating group) is 1. The minimum absolute atomic E-state index is 0.0244. The first-order valence-electron chi connectivity index (χ1n) is 12.0. The van der Waals surface area contributed by atoms with E-state index in [4.69, 9.17) is 9.47 Å². The third-order valence-corrected chi connectivity index (χ3v) is 6.83. The molecule has 1 aliphatic rings. The van der Waals surface area contributed by atoms with Crippen molar-refractivity contribution in [1.29, 1.82) is 0 Å². The standard InChI is InChI=1S/C28H37N2O4/c1-6-28(24-11-9-8-10-12-24,30(4,5)21-22(3)27(32)34-7-2)26(31)23-13-15-25(16-14-23)29-17-19-33-20-18-29/h8-16H,3,6-7,17-21H2,1-2,4-5H3/q+1. The van der Waals surface area contributed by atoms with Crippen molar-refractivity contribution in [1.82, 2.24) is 0 Å². The molecule has 0 bridgehead atoms. The van der Waals surface area contributed by atoms with Crippen LogP contribution >= 0.6 is 0 Å². The number of carbonyl (C=O) groups is 2. The van der Waals surface area contributed by atoms with Crippen molar-refractivity contribution in [3.05, 3.63) is 77.9 Å². The van der Waals surface area contributed by atoms with Crippen LogP contribution in [0, 0.1) is 0 Å². The molecule has 0 aromatic heterocycles. The van der Waals surface area contributed by atoms with Crippen molar-refractivity contribution in [2.75, 3.05) is 58.5 Å². The maximum atomic E-state index is 14.3. The number of rotatable bonds is 10. The van der Waals surface area contributed by atoms with Gasteiger partial charge in [0.15, 0.2) is 5.54 Å². The third kappa shape index (κ3) is 5.08. The quantitative estimate of drug-likeness (QED) is 0.228. The Morgan fingerprint density at radius 2 is 1.65 bits per heavy atom. The van der Waals surface area contributed by atoms with Crippen LogP contribution in [0.3, 0.4) is 0 Å². The largest absolute Gasteiger partial charge is 0.462 e. The Morgan fingerprint density at radius 1 is 1.03 bits per heavy atom. The molecule has 1 unspecified atom stereocenters. The van der Waals surface area contributed by atoms with Crippen LogP contribution in [0.5, 0.6) is 0 Å². The second-order valence-electron chi connectivity index (χ2n) is 9.22. The molecule has 0 radical (unpaired) electrons. The van der Waals surface area contributed by atoms with Crippen LogP contribution in [-0.4, -0.2) is 69.8 Å². The van der Waals surface area contributed by atoms with E-state index in [0.717, 1.165) is 24.3 Å². The molecule has 1 aliphatic heterocycles. The topological polar surface area (TPSA) is 55.8 Å². The molecule has 2 aromatic carbocycles. The first-order chi connectivity index (χ1) is 16.3. The average molecular weight is 466 g/mol. The van der Waals surface area contributed by atoms with Crippen molar-refractivity contribution in [3.63, 3.8) is 0 Å². The Labute approximate surface area is 203 Å². The zero-order valence-corrected chi connectivity index (χ0v) is 20.9. The van der Waals surface area contributed by atoms with Gasteiger partial charge >= 0.3 is 5.97 Å². The molecule has 0 spiro atoms. The van der Waals surface area contributed by atoms with Crippen molar-refractivity contribution in [2.45, 2.75) is 25.8 Å². The number of carbonyl (C=O) groups excluding carboxylic acids is 2. The number of hydrogen-bond donors (Lipinski definition) is 0. The van der Waals surface area contributed by atoms with Gasteiger partial charge in [-0.25, -0.2) is 4.79 Å². The summed E-state index contributed by atoms with van der Waals surface area (Å²) in [6.07, 6.45) is 0.560. The van der Waals surface area contributed by atoms with E-state index in [1.54, 1.807) is 6.92 Å². The smallest absolute Gasteiger partial charge is 0.339 e. The number of ether oxygens (including phenoxy) is 2. The lowest BCUT2D eigenvalue weighted by molar-refractivity contribution is -0.934. The second kappa shape index (κ2) is 11.0. The first kappa shape index (κ1) is 25.7. The Bertz CT molecular complexity index is 995. The number of nitrogens with zero attached hydrogens (tertiary/aromatic N) is 2. The second-order valence-corrected chi connectivity index (χ2v) is 9.22. The molecule has 34 heavy (non-hydrogen) atoms. The van der Waals surface area contributed by atoms with Crippen LogP contribution < -0.4 is 4.90 Å². The normalized spacial score (nSPS) is 15.9. The van der Waals surface area contributed by atoms with E-state index in [0.29, 0.717) is 37.3 Å². The number of morpholine rings is 1. The van der Waals surface area contributed by atoms with Crippen LogP contribution in [-0.2, 0) is 19.8 Å². The number of ketones is 1. The summed E-state index contributed by atoms with van der Waals surface area (Å²) in [6.45, 7) is 11.5. The Kier molecular flexibility index (Phi) is 8.28. The summed E-state index contributed by atoms with van der Waals surface area (Å²) in [5.41, 5.74) is 2.11. The van der Waals surface area contributed by atoms with Gasteiger partial charge in [-0.1, -0.05) is 43.8 Å². The zero-order chi connectivity index (χ0) is 24.8. The van der Waals surface area contributed by atoms with Gasteiger partial charge in [0.05, 0.1) is 39.5 Å². The van der Waals surface area contributed by atoms with Crippen molar-refractivity contribution < 1.29 is 23.5 Å². The summed E-state index contributed by atoms with van der Waals surface area (Å²) in [4.78, 5) is 29.0. The highest BCUT2D eigenvalue weighted by atomic mass is 16.5. The lowest BCUT2D eigenvalue weighted by atomic mass is 9.77. The van der Waals surface area contributed by atoms with Crippen LogP contribution in [0.2, 0.25) is 0 Å². The van der Waals surface area contributed by atoms with Gasteiger partial charge in [0, 0.05) is 36.3 Å². The number of Topliss-reactive ketones (excluding diaryl/α,β-unsaturated/α-hetero) is 1. The molecule has 0 aliphatic carbocycles. The summed E-state index contributed by atoms with van der Waals surface area (Å²) < 4.78 is 10.9. The minimum atomic E-state index is -0.906. The van der Waals surface area contributed by atoms with Crippen LogP contribution in [0.4, 0.5) is 5.69 Å². The summed E-state index contributed by atoms with van der Waals surface area (Å²) in [5.74, 6) is -0.398. The van der Waals surface area contributed by atoms with E-state index in [2.05, 4.69) is 11.5 Å². The van der Waals surface area contributed by atoms with E-state index < -0.39 is 11.5 Å². The molecule has 1 fully saturated rings. The fourth-order valence-electron chi connectivity index (χ4n) is 5.06. The van der Waals surface area contributed by atoms with E-state index in [9.17, 15) is 9.59 Å². The number of benzene rings is 2. The summed E-state index contributed by atoms with van der Waals surface area (Å²) >= 11 is 0. The highest BCUT2D eigenvalue weighted by Gasteiger charge is 2.53. The van der Waals surface area contributed by atoms with E-state index in [1.807, 2.05) is 75.6 Å². The van der Waals surface area contributed by atoms with Crippen molar-refractivity contribution >= 4 is 17.4 Å². The molecular formula is C28H37N2O4+. The molecule has 1 atom stereocenters. The SMILES string of the molecule is C=C(C[N+](C)(C)C(CC)(C(=O)c1ccc(N2CCOCC2)cc1)c1ccccc1)C(=O)OCC. The van der Waals surface area contributed by atoms with Gasteiger partial charge in [-0.3, -0.25) is 4.79 Å². The molecule has 1 saturated heterocycles. The van der Waals surface area contributed by atoms with E-state index >= 15 is 0 Å². The van der Waals surface area contributed by atoms with Gasteiger partial charge in [0.2, 0.25) is 5.78 Å². The van der Waals surface area contributed by atoms with Gasteiger partial charge in [0.25, 0.3) is 0 Å². The fourth-order valence-corrected chi connectivity index (χ4v) is 5.06. The number of esters is 1. The molecule has 3 rings (SSSR count). The molecule has 182 valence electrons. The maximum absolute atomic E-state index is 14.3. The van der Waals surface area contributed by atoms with Crippen molar-refractivity contribution in [2.24, 2.45) is 0 Å². The molecule has 6 heteroatoms. The van der Waals surface area contributed by atoms with Gasteiger partial charge in [0.1, 0.15) is 6.54 Å². The lowest BCUT2D eigenvalue weighted by Gasteiger charge is -2.47. The fraction of sp³-hybridized carbons (Fsp3) is 0.429. The summed E-state index contributed by atoms with van der Waals surface area (Å²) in [5, 5.41) is 0. The number of anilines is 1. The Morgan fingerprint density at radius 3 is 2.21 bits per heavy atom. The minimum Gasteiger partial charge on any atom is -0.462 e. The summed E-state index contributed by atoms with van der Waals surface area (Å²) in [6, 6.07) is 17.7. The van der Waals surface area contributed by atoms with Gasteiger partial charge in [-0.15, -0.1) is 0 Å². The maximum Gasteiger partial charge on any atom is 0.339 e. The molecule has 0 amide bonds.